The van der Waals surface area contributed by atoms with Crippen LogP contribution in [0.15, 0.2) is 24.3 Å². The Morgan fingerprint density at radius 1 is 1.41 bits per heavy atom. The predicted octanol–water partition coefficient (Wildman–Crippen LogP) is 1.23. The average Bonchev–Trinajstić information content (AvgIpc) is 2.86. The van der Waals surface area contributed by atoms with Gasteiger partial charge in [-0.1, -0.05) is 25.1 Å². The van der Waals surface area contributed by atoms with Crippen LogP contribution in [0.3, 0.4) is 0 Å². The molecule has 2 rings (SSSR count). The first-order valence-electron chi connectivity index (χ1n) is 7.03. The number of amides is 2. The van der Waals surface area contributed by atoms with Gasteiger partial charge in [0.1, 0.15) is 5.82 Å². The Kier molecular flexibility index (Phi) is 6.77. The molecule has 2 atom stereocenters. The lowest BCUT2D eigenvalue weighted by atomic mass is 10.0. The molecular formula is C15H21ClFN3O2. The van der Waals surface area contributed by atoms with Gasteiger partial charge in [-0.25, -0.2) is 4.39 Å². The third-order valence-corrected chi connectivity index (χ3v) is 3.72. The van der Waals surface area contributed by atoms with Crippen molar-refractivity contribution in [2.24, 2.45) is 11.7 Å². The van der Waals surface area contributed by atoms with Gasteiger partial charge in [-0.2, -0.15) is 0 Å². The number of hydrogen-bond donors (Lipinski definition) is 2. The molecule has 3 N–H and O–H groups in total. The molecule has 0 bridgehead atoms. The van der Waals surface area contributed by atoms with E-state index in [4.69, 9.17) is 5.73 Å². The van der Waals surface area contributed by atoms with E-state index in [1.165, 1.54) is 6.07 Å². The maximum Gasteiger partial charge on any atom is 0.242 e. The normalized spacial score (nSPS) is 20.4. The maximum absolute atomic E-state index is 13.9. The number of rotatable bonds is 4. The van der Waals surface area contributed by atoms with Crippen LogP contribution in [0.5, 0.6) is 0 Å². The zero-order valence-electron chi connectivity index (χ0n) is 12.4. The first kappa shape index (κ1) is 18.4. The van der Waals surface area contributed by atoms with Crippen LogP contribution in [-0.4, -0.2) is 36.3 Å². The van der Waals surface area contributed by atoms with Gasteiger partial charge in [-0.3, -0.25) is 9.59 Å². The summed E-state index contributed by atoms with van der Waals surface area (Å²) in [7, 11) is 0. The van der Waals surface area contributed by atoms with Crippen LogP contribution in [0.4, 0.5) is 4.39 Å². The monoisotopic (exact) mass is 329 g/mol. The van der Waals surface area contributed by atoms with E-state index in [0.717, 1.165) is 6.42 Å². The predicted molar refractivity (Wildman–Crippen MR) is 83.9 cm³/mol. The summed E-state index contributed by atoms with van der Waals surface area (Å²) in [5.74, 6) is -0.600. The van der Waals surface area contributed by atoms with Gasteiger partial charge in [0.25, 0.3) is 0 Å². The number of carbonyl (C=O) groups is 2. The van der Waals surface area contributed by atoms with E-state index in [1.807, 2.05) is 6.92 Å². The van der Waals surface area contributed by atoms with Gasteiger partial charge in [0.05, 0.1) is 19.1 Å². The fraction of sp³-hybridized carbons (Fsp3) is 0.467. The second-order valence-corrected chi connectivity index (χ2v) is 5.41. The highest BCUT2D eigenvalue weighted by Crippen LogP contribution is 2.36. The van der Waals surface area contributed by atoms with Gasteiger partial charge in [0.15, 0.2) is 0 Å². The molecule has 1 aromatic carbocycles. The second-order valence-electron chi connectivity index (χ2n) is 5.41. The minimum Gasteiger partial charge on any atom is -0.346 e. The lowest BCUT2D eigenvalue weighted by molar-refractivity contribution is -0.133. The lowest BCUT2D eigenvalue weighted by Crippen LogP contribution is -2.42. The molecule has 1 fully saturated rings. The van der Waals surface area contributed by atoms with Gasteiger partial charge in [0, 0.05) is 12.1 Å². The van der Waals surface area contributed by atoms with E-state index in [1.54, 1.807) is 23.1 Å². The summed E-state index contributed by atoms with van der Waals surface area (Å²) >= 11 is 0. The van der Waals surface area contributed by atoms with Gasteiger partial charge < -0.3 is 16.0 Å². The van der Waals surface area contributed by atoms with Gasteiger partial charge >= 0.3 is 0 Å². The van der Waals surface area contributed by atoms with E-state index < -0.39 is 0 Å². The summed E-state index contributed by atoms with van der Waals surface area (Å²) in [5.41, 5.74) is 5.71. The summed E-state index contributed by atoms with van der Waals surface area (Å²) in [4.78, 5) is 25.0. The Bertz CT molecular complexity index is 541. The van der Waals surface area contributed by atoms with Crippen LogP contribution in [-0.2, 0) is 9.59 Å². The number of nitrogens with zero attached hydrogens (tertiary/aromatic N) is 1. The van der Waals surface area contributed by atoms with Crippen molar-refractivity contribution in [2.75, 3.05) is 19.6 Å². The highest BCUT2D eigenvalue weighted by atomic mass is 35.5. The standard InChI is InChI=1S/C15H20FN3O2.ClH/c1-10-6-13(11-4-2-3-5-12(11)16)19(9-10)15(21)8-18-14(20)7-17;/h2-5,10,13H,6-9,17H2,1H3,(H,18,20);1H. The zero-order valence-corrected chi connectivity index (χ0v) is 13.2. The lowest BCUT2D eigenvalue weighted by Gasteiger charge is -2.25. The fourth-order valence-electron chi connectivity index (χ4n) is 2.71. The van der Waals surface area contributed by atoms with Crippen LogP contribution in [0, 0.1) is 11.7 Å². The quantitative estimate of drug-likeness (QED) is 0.872. The van der Waals surface area contributed by atoms with Gasteiger partial charge in [-0.05, 0) is 18.4 Å². The van der Waals surface area contributed by atoms with Gasteiger partial charge in [-0.15, -0.1) is 12.4 Å². The van der Waals surface area contributed by atoms with E-state index >= 15 is 0 Å². The molecule has 5 nitrogen and oxygen atoms in total. The van der Waals surface area contributed by atoms with Crippen LogP contribution >= 0.6 is 12.4 Å². The summed E-state index contributed by atoms with van der Waals surface area (Å²) in [6.07, 6.45) is 0.720. The van der Waals surface area contributed by atoms with E-state index in [2.05, 4.69) is 5.32 Å². The van der Waals surface area contributed by atoms with Crippen molar-refractivity contribution in [1.82, 2.24) is 10.2 Å². The summed E-state index contributed by atoms with van der Waals surface area (Å²) < 4.78 is 13.9. The Hall–Kier alpha value is -1.66. The van der Waals surface area contributed by atoms with E-state index in [0.29, 0.717) is 18.0 Å². The fourth-order valence-corrected chi connectivity index (χ4v) is 2.71. The molecule has 1 aromatic rings. The highest BCUT2D eigenvalue weighted by molar-refractivity contribution is 5.86. The average molecular weight is 330 g/mol. The minimum absolute atomic E-state index is 0. The number of halogens is 2. The van der Waals surface area contributed by atoms with Crippen LogP contribution in [0.2, 0.25) is 0 Å². The third kappa shape index (κ3) is 4.18. The summed E-state index contributed by atoms with van der Waals surface area (Å²) in [6.45, 7) is 2.34. The van der Waals surface area contributed by atoms with Crippen LogP contribution in [0.1, 0.15) is 24.9 Å². The van der Waals surface area contributed by atoms with E-state index in [-0.39, 0.29) is 49.2 Å². The molecule has 1 aliphatic heterocycles. The number of benzene rings is 1. The third-order valence-electron chi connectivity index (χ3n) is 3.72. The van der Waals surface area contributed by atoms with Crippen molar-refractivity contribution >= 4 is 24.2 Å². The molecule has 2 unspecified atom stereocenters. The molecule has 0 spiro atoms. The summed E-state index contributed by atoms with van der Waals surface area (Å²) in [6, 6.07) is 6.22. The smallest absolute Gasteiger partial charge is 0.242 e. The van der Waals surface area contributed by atoms with Crippen molar-refractivity contribution in [3.05, 3.63) is 35.6 Å². The number of carbonyl (C=O) groups excluding carboxylic acids is 2. The molecule has 0 radical (unpaired) electrons. The first-order chi connectivity index (χ1) is 10.0. The first-order valence-corrected chi connectivity index (χ1v) is 7.03. The molecule has 1 heterocycles. The van der Waals surface area contributed by atoms with Gasteiger partial charge in [0.2, 0.25) is 11.8 Å². The molecule has 2 amide bonds. The van der Waals surface area contributed by atoms with Crippen molar-refractivity contribution in [3.8, 4) is 0 Å². The topological polar surface area (TPSA) is 75.4 Å². The van der Waals surface area contributed by atoms with E-state index in [9.17, 15) is 14.0 Å². The Morgan fingerprint density at radius 2 is 2.09 bits per heavy atom. The van der Waals surface area contributed by atoms with Crippen LogP contribution < -0.4 is 11.1 Å². The second kappa shape index (κ2) is 8.10. The zero-order chi connectivity index (χ0) is 15.4. The number of hydrogen-bond acceptors (Lipinski definition) is 3. The minimum atomic E-state index is -0.377. The number of nitrogens with two attached hydrogens (primary N) is 1. The molecular weight excluding hydrogens is 309 g/mol. The number of likely N-dealkylation sites (tertiary alicyclic amines) is 1. The molecule has 22 heavy (non-hydrogen) atoms. The van der Waals surface area contributed by atoms with Crippen molar-refractivity contribution in [3.63, 3.8) is 0 Å². The Labute approximate surface area is 135 Å². The molecule has 1 saturated heterocycles. The van der Waals surface area contributed by atoms with Crippen LogP contribution in [0.25, 0.3) is 0 Å². The molecule has 0 aromatic heterocycles. The molecule has 0 saturated carbocycles. The SMILES string of the molecule is CC1CC(c2ccccc2F)N(C(=O)CNC(=O)CN)C1.Cl. The Balaban J connectivity index is 0.00000242. The molecule has 0 aliphatic carbocycles. The van der Waals surface area contributed by atoms with Crippen molar-refractivity contribution < 1.29 is 14.0 Å². The van der Waals surface area contributed by atoms with Crippen molar-refractivity contribution in [1.29, 1.82) is 0 Å². The highest BCUT2D eigenvalue weighted by Gasteiger charge is 2.35. The summed E-state index contributed by atoms with van der Waals surface area (Å²) in [5, 5.41) is 2.46. The largest absolute Gasteiger partial charge is 0.346 e. The number of nitrogens with one attached hydrogen (secondary N) is 1. The Morgan fingerprint density at radius 3 is 2.73 bits per heavy atom. The molecule has 7 heteroatoms. The van der Waals surface area contributed by atoms with Crippen molar-refractivity contribution in [2.45, 2.75) is 19.4 Å². The molecule has 1 aliphatic rings. The maximum atomic E-state index is 13.9. The molecule has 122 valence electrons.